The molecule has 82 valence electrons. The van der Waals surface area contributed by atoms with Crippen LogP contribution in [0.15, 0.2) is 0 Å². The summed E-state index contributed by atoms with van der Waals surface area (Å²) in [5.41, 5.74) is 5.51. The molecule has 0 saturated heterocycles. The van der Waals surface area contributed by atoms with Gasteiger partial charge >= 0.3 is 0 Å². The molecule has 0 aromatic heterocycles. The Hall–Kier alpha value is -0.610. The number of carbonyl (C=O) groups excluding carboxylic acids is 1. The van der Waals surface area contributed by atoms with Crippen LogP contribution < -0.4 is 11.1 Å². The maximum atomic E-state index is 11.4. The van der Waals surface area contributed by atoms with Crippen LogP contribution in [0.1, 0.15) is 19.8 Å². The number of hydrogen-bond donors (Lipinski definition) is 2. The van der Waals surface area contributed by atoms with Gasteiger partial charge in [-0.1, -0.05) is 0 Å². The minimum absolute atomic E-state index is 0.111. The van der Waals surface area contributed by atoms with Gasteiger partial charge in [-0.05, 0) is 32.7 Å². The fourth-order valence-electron chi connectivity index (χ4n) is 1.20. The maximum absolute atomic E-state index is 11.4. The molecule has 1 rings (SSSR count). The van der Waals surface area contributed by atoms with Gasteiger partial charge in [0.15, 0.2) is 0 Å². The zero-order valence-corrected chi connectivity index (χ0v) is 9.12. The van der Waals surface area contributed by atoms with Gasteiger partial charge in [0.1, 0.15) is 0 Å². The molecule has 0 aliphatic heterocycles. The Labute approximate surface area is 85.8 Å². The van der Waals surface area contributed by atoms with Gasteiger partial charge in [0.05, 0.1) is 6.54 Å². The van der Waals surface area contributed by atoms with Gasteiger partial charge < -0.3 is 11.1 Å². The first-order valence-corrected chi connectivity index (χ1v) is 5.30. The van der Waals surface area contributed by atoms with Gasteiger partial charge in [-0.15, -0.1) is 0 Å². The van der Waals surface area contributed by atoms with Crippen molar-refractivity contribution in [1.82, 2.24) is 10.2 Å². The third kappa shape index (κ3) is 4.07. The average Bonchev–Trinajstić information content (AvgIpc) is 2.96. The van der Waals surface area contributed by atoms with E-state index < -0.39 is 0 Å². The summed E-state index contributed by atoms with van der Waals surface area (Å²) >= 11 is 0. The summed E-state index contributed by atoms with van der Waals surface area (Å²) < 4.78 is 0. The number of rotatable bonds is 6. The van der Waals surface area contributed by atoms with Crippen LogP contribution in [0.5, 0.6) is 0 Å². The van der Waals surface area contributed by atoms with Crippen molar-refractivity contribution in [1.29, 1.82) is 0 Å². The molecule has 1 aliphatic carbocycles. The predicted octanol–water partition coefficient (Wildman–Crippen LogP) is -0.208. The Morgan fingerprint density at radius 1 is 1.64 bits per heavy atom. The number of likely N-dealkylation sites (N-methyl/N-ethyl adjacent to an activating group) is 1. The number of carbonyl (C=O) groups is 1. The minimum Gasteiger partial charge on any atom is -0.355 e. The van der Waals surface area contributed by atoms with Crippen LogP contribution in [0.3, 0.4) is 0 Å². The van der Waals surface area contributed by atoms with E-state index in [0.717, 1.165) is 12.5 Å². The second kappa shape index (κ2) is 5.32. The van der Waals surface area contributed by atoms with E-state index in [-0.39, 0.29) is 11.9 Å². The number of hydrogen-bond acceptors (Lipinski definition) is 3. The molecule has 0 spiro atoms. The van der Waals surface area contributed by atoms with E-state index in [0.29, 0.717) is 13.1 Å². The highest BCUT2D eigenvalue weighted by Crippen LogP contribution is 2.27. The lowest BCUT2D eigenvalue weighted by Crippen LogP contribution is -2.42. The summed E-state index contributed by atoms with van der Waals surface area (Å²) in [5, 5.41) is 2.93. The van der Waals surface area contributed by atoms with E-state index >= 15 is 0 Å². The number of amides is 1. The molecular formula is C10H21N3O. The van der Waals surface area contributed by atoms with E-state index in [1.165, 1.54) is 12.8 Å². The molecule has 1 amide bonds. The maximum Gasteiger partial charge on any atom is 0.234 e. The van der Waals surface area contributed by atoms with Crippen LogP contribution in [0.2, 0.25) is 0 Å². The zero-order chi connectivity index (χ0) is 10.6. The Kier molecular flexibility index (Phi) is 4.35. The molecule has 0 bridgehead atoms. The van der Waals surface area contributed by atoms with Gasteiger partial charge in [-0.3, -0.25) is 9.69 Å². The standard InChI is InChI=1S/C10H21N3O/c1-8(5-11)13(2)7-10(14)12-6-9-3-4-9/h8-9H,3-7,11H2,1-2H3,(H,12,14). The summed E-state index contributed by atoms with van der Waals surface area (Å²) in [6.45, 7) is 3.91. The first kappa shape index (κ1) is 11.5. The average molecular weight is 199 g/mol. The fourth-order valence-corrected chi connectivity index (χ4v) is 1.20. The second-order valence-electron chi connectivity index (χ2n) is 4.25. The highest BCUT2D eigenvalue weighted by Gasteiger charge is 2.22. The Morgan fingerprint density at radius 2 is 2.29 bits per heavy atom. The van der Waals surface area contributed by atoms with Crippen molar-refractivity contribution >= 4 is 5.91 Å². The molecule has 3 N–H and O–H groups in total. The monoisotopic (exact) mass is 199 g/mol. The van der Waals surface area contributed by atoms with E-state index in [1.807, 2.05) is 18.9 Å². The third-order valence-corrected chi connectivity index (χ3v) is 2.77. The van der Waals surface area contributed by atoms with Crippen LogP contribution >= 0.6 is 0 Å². The van der Waals surface area contributed by atoms with Crippen LogP contribution in [-0.2, 0) is 4.79 Å². The number of nitrogens with zero attached hydrogens (tertiary/aromatic N) is 1. The molecule has 14 heavy (non-hydrogen) atoms. The highest BCUT2D eigenvalue weighted by molar-refractivity contribution is 5.78. The molecule has 1 saturated carbocycles. The van der Waals surface area contributed by atoms with Crippen molar-refractivity contribution in [3.63, 3.8) is 0 Å². The van der Waals surface area contributed by atoms with E-state index in [2.05, 4.69) is 5.32 Å². The fraction of sp³-hybridized carbons (Fsp3) is 0.900. The summed E-state index contributed by atoms with van der Waals surface area (Å²) in [4.78, 5) is 13.4. The second-order valence-corrected chi connectivity index (χ2v) is 4.25. The lowest BCUT2D eigenvalue weighted by atomic mass is 10.3. The van der Waals surface area contributed by atoms with Crippen molar-refractivity contribution in [2.24, 2.45) is 11.7 Å². The van der Waals surface area contributed by atoms with Crippen molar-refractivity contribution in [2.45, 2.75) is 25.8 Å². The minimum atomic E-state index is 0.111. The molecule has 0 heterocycles. The van der Waals surface area contributed by atoms with Crippen LogP contribution in [0.25, 0.3) is 0 Å². The molecule has 1 fully saturated rings. The lowest BCUT2D eigenvalue weighted by Gasteiger charge is -2.22. The molecule has 1 atom stereocenters. The van der Waals surface area contributed by atoms with Crippen molar-refractivity contribution in [2.75, 3.05) is 26.7 Å². The largest absolute Gasteiger partial charge is 0.355 e. The van der Waals surface area contributed by atoms with Crippen LogP contribution in [0.4, 0.5) is 0 Å². The quantitative estimate of drug-likeness (QED) is 0.622. The number of nitrogens with two attached hydrogens (primary N) is 1. The summed E-state index contributed by atoms with van der Waals surface area (Å²) in [5.74, 6) is 0.857. The van der Waals surface area contributed by atoms with Crippen LogP contribution in [-0.4, -0.2) is 43.5 Å². The third-order valence-electron chi connectivity index (χ3n) is 2.77. The Bertz CT molecular complexity index is 192. The first-order chi connectivity index (χ1) is 6.63. The lowest BCUT2D eigenvalue weighted by molar-refractivity contribution is -0.122. The summed E-state index contributed by atoms with van der Waals surface area (Å²) in [6, 6.07) is 0.265. The van der Waals surface area contributed by atoms with Crippen LogP contribution in [0, 0.1) is 5.92 Å². The number of nitrogens with one attached hydrogen (secondary N) is 1. The SMILES string of the molecule is CC(CN)N(C)CC(=O)NCC1CC1. The van der Waals surface area contributed by atoms with Crippen molar-refractivity contribution < 1.29 is 4.79 Å². The molecule has 0 aromatic rings. The zero-order valence-electron chi connectivity index (χ0n) is 9.12. The van der Waals surface area contributed by atoms with Gasteiger partial charge in [0, 0.05) is 19.1 Å². The molecule has 1 aliphatic rings. The van der Waals surface area contributed by atoms with Gasteiger partial charge in [0.25, 0.3) is 0 Å². The summed E-state index contributed by atoms with van der Waals surface area (Å²) in [7, 11) is 1.92. The molecule has 0 radical (unpaired) electrons. The molecular weight excluding hydrogens is 178 g/mol. The molecule has 4 nitrogen and oxygen atoms in total. The van der Waals surface area contributed by atoms with Gasteiger partial charge in [-0.25, -0.2) is 0 Å². The molecule has 0 aromatic carbocycles. The summed E-state index contributed by atoms with van der Waals surface area (Å²) in [6.07, 6.45) is 2.55. The normalized spacial score (nSPS) is 18.3. The Balaban J connectivity index is 2.11. The van der Waals surface area contributed by atoms with E-state index in [1.54, 1.807) is 0 Å². The Morgan fingerprint density at radius 3 is 2.79 bits per heavy atom. The van der Waals surface area contributed by atoms with Gasteiger partial charge in [0.2, 0.25) is 5.91 Å². The van der Waals surface area contributed by atoms with Crippen molar-refractivity contribution in [3.8, 4) is 0 Å². The molecule has 4 heteroatoms. The smallest absolute Gasteiger partial charge is 0.234 e. The molecule has 1 unspecified atom stereocenters. The van der Waals surface area contributed by atoms with E-state index in [4.69, 9.17) is 5.73 Å². The van der Waals surface area contributed by atoms with Crippen molar-refractivity contribution in [3.05, 3.63) is 0 Å². The van der Waals surface area contributed by atoms with E-state index in [9.17, 15) is 4.79 Å². The topological polar surface area (TPSA) is 58.4 Å². The predicted molar refractivity (Wildman–Crippen MR) is 56.9 cm³/mol. The first-order valence-electron chi connectivity index (χ1n) is 5.30. The van der Waals surface area contributed by atoms with Gasteiger partial charge in [-0.2, -0.15) is 0 Å². The highest BCUT2D eigenvalue weighted by atomic mass is 16.2.